The molecule has 1 N–H and O–H groups in total. The van der Waals surface area contributed by atoms with Gasteiger partial charge in [-0.1, -0.05) is 17.3 Å². The van der Waals surface area contributed by atoms with E-state index in [9.17, 15) is 0 Å². The number of aromatic nitrogens is 3. The normalized spacial score (nSPS) is 11.2. The van der Waals surface area contributed by atoms with Crippen molar-refractivity contribution in [2.45, 2.75) is 13.1 Å². The number of benzene rings is 1. The van der Waals surface area contributed by atoms with Crippen molar-refractivity contribution in [1.82, 2.24) is 20.0 Å². The zero-order valence-electron chi connectivity index (χ0n) is 10.1. The lowest BCUT2D eigenvalue weighted by Gasteiger charge is -2.03. The molecule has 1 aromatic carbocycles. The molecule has 0 saturated heterocycles. The topological polar surface area (TPSA) is 55.9 Å². The van der Waals surface area contributed by atoms with E-state index in [2.05, 4.69) is 26.1 Å². The Morgan fingerprint density at radius 3 is 2.89 bits per heavy atom. The summed E-state index contributed by atoms with van der Waals surface area (Å²) in [6.07, 6.45) is 1.64. The van der Waals surface area contributed by atoms with Crippen molar-refractivity contribution in [3.63, 3.8) is 0 Å². The van der Waals surface area contributed by atoms with Gasteiger partial charge in [0.05, 0.1) is 30.3 Å². The minimum absolute atomic E-state index is 0.656. The van der Waals surface area contributed by atoms with Crippen molar-refractivity contribution < 1.29 is 4.52 Å². The molecule has 0 aliphatic heterocycles. The van der Waals surface area contributed by atoms with E-state index in [1.807, 2.05) is 31.3 Å². The van der Waals surface area contributed by atoms with E-state index < -0.39 is 0 Å². The monoisotopic (exact) mass is 242 g/mol. The van der Waals surface area contributed by atoms with Gasteiger partial charge in [0, 0.05) is 13.1 Å². The summed E-state index contributed by atoms with van der Waals surface area (Å²) in [6.45, 7) is 1.36. The largest absolute Gasteiger partial charge is 0.360 e. The quantitative estimate of drug-likeness (QED) is 0.758. The van der Waals surface area contributed by atoms with Crippen molar-refractivity contribution in [3.8, 4) is 0 Å². The third kappa shape index (κ3) is 2.00. The second kappa shape index (κ2) is 4.62. The van der Waals surface area contributed by atoms with Crippen LogP contribution in [0.2, 0.25) is 0 Å². The second-order valence-electron chi connectivity index (χ2n) is 4.16. The summed E-state index contributed by atoms with van der Waals surface area (Å²) in [7, 11) is 2.03. The predicted molar refractivity (Wildman–Crippen MR) is 67.8 cm³/mol. The Bertz CT molecular complexity index is 642. The third-order valence-electron chi connectivity index (χ3n) is 2.95. The Balaban J connectivity index is 1.73. The molecule has 5 nitrogen and oxygen atoms in total. The van der Waals surface area contributed by atoms with Gasteiger partial charge in [0.1, 0.15) is 11.6 Å². The highest BCUT2D eigenvalue weighted by Gasteiger charge is 2.06. The molecule has 0 aliphatic carbocycles. The zero-order chi connectivity index (χ0) is 12.4. The number of nitrogens with zero attached hydrogens (tertiary/aromatic N) is 3. The van der Waals surface area contributed by atoms with Gasteiger partial charge in [-0.05, 0) is 12.1 Å². The number of rotatable bonds is 4. The first kappa shape index (κ1) is 11.0. The van der Waals surface area contributed by atoms with Gasteiger partial charge in [-0.15, -0.1) is 0 Å². The maximum Gasteiger partial charge on any atom is 0.150 e. The van der Waals surface area contributed by atoms with Crippen molar-refractivity contribution in [2.24, 2.45) is 7.05 Å². The van der Waals surface area contributed by atoms with Crippen LogP contribution >= 0.6 is 0 Å². The highest BCUT2D eigenvalue weighted by Crippen LogP contribution is 2.13. The molecule has 0 amide bonds. The first-order chi connectivity index (χ1) is 8.84. The highest BCUT2D eigenvalue weighted by molar-refractivity contribution is 5.75. The molecule has 92 valence electrons. The van der Waals surface area contributed by atoms with Gasteiger partial charge in [-0.2, -0.15) is 0 Å². The molecular weight excluding hydrogens is 228 g/mol. The number of fused-ring (bicyclic) bond motifs is 1. The van der Waals surface area contributed by atoms with Gasteiger partial charge in [0.2, 0.25) is 0 Å². The number of para-hydroxylation sites is 2. The molecule has 0 radical (unpaired) electrons. The van der Waals surface area contributed by atoms with Gasteiger partial charge in [0.15, 0.2) is 0 Å². The number of nitrogens with one attached hydrogen (secondary N) is 1. The molecule has 2 heterocycles. The smallest absolute Gasteiger partial charge is 0.150 e. The maximum absolute atomic E-state index is 5.02. The SMILES string of the molecule is Cn1c(CNCc2ccno2)nc2ccccc21. The van der Waals surface area contributed by atoms with Crippen molar-refractivity contribution >= 4 is 11.0 Å². The van der Waals surface area contributed by atoms with Crippen molar-refractivity contribution in [3.05, 3.63) is 48.1 Å². The molecule has 3 aromatic rings. The Labute approximate surface area is 104 Å². The van der Waals surface area contributed by atoms with Crippen molar-refractivity contribution in [1.29, 1.82) is 0 Å². The third-order valence-corrected chi connectivity index (χ3v) is 2.95. The number of imidazole rings is 1. The molecule has 0 bridgehead atoms. The molecule has 2 aromatic heterocycles. The number of aryl methyl sites for hydroxylation is 1. The van der Waals surface area contributed by atoms with Gasteiger partial charge in [-0.3, -0.25) is 0 Å². The predicted octanol–water partition coefficient (Wildman–Crippen LogP) is 1.85. The lowest BCUT2D eigenvalue weighted by Crippen LogP contribution is -2.15. The van der Waals surface area contributed by atoms with E-state index in [4.69, 9.17) is 4.52 Å². The summed E-state index contributed by atoms with van der Waals surface area (Å²) in [5.41, 5.74) is 2.17. The van der Waals surface area contributed by atoms with E-state index in [0.717, 1.165) is 22.6 Å². The van der Waals surface area contributed by atoms with Crippen LogP contribution in [0.25, 0.3) is 11.0 Å². The molecule has 0 atom stereocenters. The average Bonchev–Trinajstić information content (AvgIpc) is 3.00. The Kier molecular flexibility index (Phi) is 2.82. The van der Waals surface area contributed by atoms with Crippen LogP contribution in [-0.4, -0.2) is 14.7 Å². The highest BCUT2D eigenvalue weighted by atomic mass is 16.5. The van der Waals surface area contributed by atoms with Crippen LogP contribution in [0.3, 0.4) is 0 Å². The molecule has 0 spiro atoms. The van der Waals surface area contributed by atoms with Crippen LogP contribution in [0.4, 0.5) is 0 Å². The van der Waals surface area contributed by atoms with E-state index >= 15 is 0 Å². The molecular formula is C13H14N4O. The Morgan fingerprint density at radius 2 is 2.11 bits per heavy atom. The Hall–Kier alpha value is -2.14. The van der Waals surface area contributed by atoms with Gasteiger partial charge in [-0.25, -0.2) is 4.98 Å². The summed E-state index contributed by atoms with van der Waals surface area (Å²) >= 11 is 0. The molecule has 3 rings (SSSR count). The van der Waals surface area contributed by atoms with E-state index in [-0.39, 0.29) is 0 Å². The fourth-order valence-electron chi connectivity index (χ4n) is 1.98. The standard InChI is InChI=1S/C13H14N4O/c1-17-12-5-3-2-4-11(12)16-13(17)9-14-8-10-6-7-15-18-10/h2-7,14H,8-9H2,1H3. The van der Waals surface area contributed by atoms with Crippen LogP contribution in [0.5, 0.6) is 0 Å². The lowest BCUT2D eigenvalue weighted by atomic mass is 10.3. The summed E-state index contributed by atoms with van der Waals surface area (Å²) in [6, 6.07) is 9.97. The fraction of sp³-hybridized carbons (Fsp3) is 0.231. The molecule has 5 heteroatoms. The van der Waals surface area contributed by atoms with E-state index in [1.54, 1.807) is 6.20 Å². The van der Waals surface area contributed by atoms with E-state index in [0.29, 0.717) is 13.1 Å². The summed E-state index contributed by atoms with van der Waals surface area (Å²) < 4.78 is 7.12. The summed E-state index contributed by atoms with van der Waals surface area (Å²) in [5, 5.41) is 6.95. The Morgan fingerprint density at radius 1 is 1.22 bits per heavy atom. The van der Waals surface area contributed by atoms with Crippen LogP contribution in [0.1, 0.15) is 11.6 Å². The summed E-state index contributed by atoms with van der Waals surface area (Å²) in [4.78, 5) is 4.59. The van der Waals surface area contributed by atoms with Crippen LogP contribution < -0.4 is 5.32 Å². The first-order valence-electron chi connectivity index (χ1n) is 5.85. The molecule has 0 unspecified atom stereocenters. The lowest BCUT2D eigenvalue weighted by molar-refractivity contribution is 0.372. The minimum atomic E-state index is 0.656. The van der Waals surface area contributed by atoms with E-state index in [1.165, 1.54) is 0 Å². The summed E-state index contributed by atoms with van der Waals surface area (Å²) in [5.74, 6) is 1.84. The molecule has 0 saturated carbocycles. The molecule has 0 fully saturated rings. The van der Waals surface area contributed by atoms with Gasteiger partial charge in [0.25, 0.3) is 0 Å². The first-order valence-corrected chi connectivity index (χ1v) is 5.85. The molecule has 18 heavy (non-hydrogen) atoms. The number of hydrogen-bond acceptors (Lipinski definition) is 4. The van der Waals surface area contributed by atoms with Crippen LogP contribution in [0, 0.1) is 0 Å². The zero-order valence-corrected chi connectivity index (χ0v) is 10.1. The van der Waals surface area contributed by atoms with Crippen LogP contribution in [-0.2, 0) is 20.1 Å². The maximum atomic E-state index is 5.02. The van der Waals surface area contributed by atoms with Gasteiger partial charge < -0.3 is 14.4 Å². The average molecular weight is 242 g/mol. The second-order valence-corrected chi connectivity index (χ2v) is 4.16. The fourth-order valence-corrected chi connectivity index (χ4v) is 1.98. The minimum Gasteiger partial charge on any atom is -0.360 e. The van der Waals surface area contributed by atoms with Gasteiger partial charge >= 0.3 is 0 Å². The van der Waals surface area contributed by atoms with Crippen molar-refractivity contribution in [2.75, 3.05) is 0 Å². The van der Waals surface area contributed by atoms with Crippen LogP contribution in [0.15, 0.2) is 41.1 Å². The molecule has 0 aliphatic rings. The number of hydrogen-bond donors (Lipinski definition) is 1.